The number of hydrogen-bond acceptors (Lipinski definition) is 9. The number of likely N-dealkylation sites (N-methyl/N-ethyl adjacent to an activating group) is 1. The summed E-state index contributed by atoms with van der Waals surface area (Å²) in [5.41, 5.74) is -0.507. The summed E-state index contributed by atoms with van der Waals surface area (Å²) in [5.74, 6) is -11.3. The summed E-state index contributed by atoms with van der Waals surface area (Å²) in [5, 5.41) is 47.5. The minimum absolute atomic E-state index is 0.212. The Labute approximate surface area is 223 Å². The number of carbonyl (C=O) groups is 3. The van der Waals surface area contributed by atoms with E-state index in [9.17, 15) is 34.8 Å². The minimum atomic E-state index is -2.81. The summed E-state index contributed by atoms with van der Waals surface area (Å²) < 4.78 is 30.4. The van der Waals surface area contributed by atoms with Crippen molar-refractivity contribution in [2.75, 3.05) is 20.6 Å². The molecule has 4 atom stereocenters. The van der Waals surface area contributed by atoms with Gasteiger partial charge in [-0.25, -0.2) is 8.78 Å². The summed E-state index contributed by atoms with van der Waals surface area (Å²) >= 11 is 0. The van der Waals surface area contributed by atoms with Crippen molar-refractivity contribution in [3.63, 3.8) is 0 Å². The molecule has 10 nitrogen and oxygen atoms in total. The zero-order valence-electron chi connectivity index (χ0n) is 22.4. The maximum atomic E-state index is 15.3. The van der Waals surface area contributed by atoms with Gasteiger partial charge in [-0.2, -0.15) is 0 Å². The van der Waals surface area contributed by atoms with Crippen LogP contribution < -0.4 is 11.1 Å². The van der Waals surface area contributed by atoms with Gasteiger partial charge in [0.15, 0.2) is 23.0 Å². The average Bonchev–Trinajstić information content (AvgIpc) is 2.80. The lowest BCUT2D eigenvalue weighted by Crippen LogP contribution is -2.63. The number of nitrogens with one attached hydrogen (secondary N) is 1. The number of nitrogens with two attached hydrogens (primary N) is 1. The number of fused-ring (bicyclic) bond motifs is 3. The van der Waals surface area contributed by atoms with Crippen LogP contribution in [0.15, 0.2) is 22.7 Å². The third kappa shape index (κ3) is 4.21. The van der Waals surface area contributed by atoms with E-state index in [0.29, 0.717) is 6.54 Å². The van der Waals surface area contributed by atoms with Crippen LogP contribution in [-0.4, -0.2) is 75.1 Å². The smallest absolute Gasteiger partial charge is 0.255 e. The second-order valence-electron chi connectivity index (χ2n) is 11.9. The van der Waals surface area contributed by atoms with Gasteiger partial charge in [0.05, 0.1) is 11.6 Å². The lowest BCUT2D eigenvalue weighted by Gasteiger charge is -2.50. The van der Waals surface area contributed by atoms with E-state index in [1.165, 1.54) is 19.0 Å². The number of aliphatic hydroxyl groups is 3. The molecule has 3 aliphatic rings. The predicted molar refractivity (Wildman–Crippen MR) is 135 cm³/mol. The second kappa shape index (κ2) is 9.39. The highest BCUT2D eigenvalue weighted by atomic mass is 19.2. The summed E-state index contributed by atoms with van der Waals surface area (Å²) in [6.07, 6.45) is -0.553. The van der Waals surface area contributed by atoms with Crippen molar-refractivity contribution in [3.05, 3.63) is 51.0 Å². The van der Waals surface area contributed by atoms with E-state index in [4.69, 9.17) is 5.73 Å². The zero-order valence-corrected chi connectivity index (χ0v) is 22.4. The topological polar surface area (TPSA) is 173 Å². The van der Waals surface area contributed by atoms with Crippen molar-refractivity contribution >= 4 is 17.5 Å². The molecular weight excluding hydrogens is 516 g/mol. The molecule has 1 amide bonds. The van der Waals surface area contributed by atoms with Gasteiger partial charge in [-0.3, -0.25) is 19.3 Å². The van der Waals surface area contributed by atoms with Gasteiger partial charge in [-0.15, -0.1) is 0 Å². The molecule has 4 rings (SSSR count). The van der Waals surface area contributed by atoms with Crippen LogP contribution in [0.3, 0.4) is 0 Å². The lowest BCUT2D eigenvalue weighted by atomic mass is 9.58. The number of phenolic OH excluding ortho intramolecular Hbond substituents is 1. The molecule has 12 heteroatoms. The maximum Gasteiger partial charge on any atom is 0.255 e. The number of halogens is 2. The second-order valence-corrected chi connectivity index (χ2v) is 11.9. The average molecular weight is 550 g/mol. The van der Waals surface area contributed by atoms with Crippen molar-refractivity contribution in [1.82, 2.24) is 10.2 Å². The molecule has 1 aromatic carbocycles. The first-order valence-corrected chi connectivity index (χ1v) is 12.5. The van der Waals surface area contributed by atoms with Gasteiger partial charge in [0, 0.05) is 35.7 Å². The molecule has 39 heavy (non-hydrogen) atoms. The molecule has 0 saturated heterocycles. The van der Waals surface area contributed by atoms with E-state index >= 15 is 8.78 Å². The Balaban J connectivity index is 1.88. The fourth-order valence-corrected chi connectivity index (χ4v) is 6.08. The fourth-order valence-electron chi connectivity index (χ4n) is 6.08. The standard InChI is InChI=1S/C27H33F2N3O7/c1-26(2,3)9-31-8-12-18(29)17(28)11-6-10-7-13-19(32(4)5)22(35)16(25(30)38)24(37)27(13,39)23(36)14(10)21(34)15(11)20(12)33/h10,13,19,31,33,35-36,39H,6-9H2,1-5H3,(H2,30,38)/t10-,13-,19-,27-/m0/s1. The van der Waals surface area contributed by atoms with Gasteiger partial charge in [0.1, 0.15) is 22.8 Å². The first-order chi connectivity index (χ1) is 17.9. The van der Waals surface area contributed by atoms with Crippen molar-refractivity contribution in [2.24, 2.45) is 23.0 Å². The number of ketones is 2. The molecule has 0 aromatic heterocycles. The van der Waals surface area contributed by atoms with Crippen molar-refractivity contribution in [1.29, 1.82) is 0 Å². The third-order valence-electron chi connectivity index (χ3n) is 7.82. The number of carbonyl (C=O) groups excluding carboxylic acids is 3. The Bertz CT molecular complexity index is 1360. The van der Waals surface area contributed by atoms with Crippen LogP contribution in [0.2, 0.25) is 0 Å². The quantitative estimate of drug-likeness (QED) is 0.298. The predicted octanol–water partition coefficient (Wildman–Crippen LogP) is 1.53. The van der Waals surface area contributed by atoms with Crippen LogP contribution in [0.5, 0.6) is 5.75 Å². The van der Waals surface area contributed by atoms with Crippen LogP contribution in [-0.2, 0) is 22.6 Å². The number of aromatic hydroxyl groups is 1. The molecular formula is C27H33F2N3O7. The first-order valence-electron chi connectivity index (χ1n) is 12.5. The molecule has 3 aliphatic carbocycles. The monoisotopic (exact) mass is 549 g/mol. The number of aliphatic hydroxyl groups excluding tert-OH is 2. The number of primary amides is 1. The summed E-state index contributed by atoms with van der Waals surface area (Å²) in [4.78, 5) is 40.4. The molecule has 212 valence electrons. The van der Waals surface area contributed by atoms with Crippen LogP contribution in [0.1, 0.15) is 48.7 Å². The number of hydrogen-bond donors (Lipinski definition) is 6. The number of allylic oxidation sites excluding steroid dienone is 1. The van der Waals surface area contributed by atoms with Crippen molar-refractivity contribution in [2.45, 2.75) is 51.8 Å². The van der Waals surface area contributed by atoms with E-state index in [-0.39, 0.29) is 30.4 Å². The van der Waals surface area contributed by atoms with Gasteiger partial charge < -0.3 is 31.5 Å². The van der Waals surface area contributed by atoms with Crippen molar-refractivity contribution in [3.8, 4) is 5.75 Å². The van der Waals surface area contributed by atoms with Crippen LogP contribution in [0.4, 0.5) is 8.78 Å². The molecule has 0 unspecified atom stereocenters. The molecule has 1 aromatic rings. The van der Waals surface area contributed by atoms with Crippen LogP contribution in [0.25, 0.3) is 0 Å². The number of benzene rings is 1. The van der Waals surface area contributed by atoms with Crippen LogP contribution >= 0.6 is 0 Å². The van der Waals surface area contributed by atoms with Crippen LogP contribution in [0, 0.1) is 28.9 Å². The normalized spacial score (nSPS) is 27.1. The molecule has 0 fully saturated rings. The van der Waals surface area contributed by atoms with Gasteiger partial charge in [0.2, 0.25) is 5.78 Å². The highest BCUT2D eigenvalue weighted by Crippen LogP contribution is 2.52. The molecule has 0 saturated carbocycles. The highest BCUT2D eigenvalue weighted by Gasteiger charge is 2.63. The fraction of sp³-hybridized carbons (Fsp3) is 0.519. The SMILES string of the molecule is CN(C)[C@@H]1C(O)=C(C(N)=O)C(=O)[C@@]2(O)C(O)=C3C(=O)c4c(O)c(CNCC(C)(C)C)c(F)c(F)c4C[C@H]3C[C@@H]12. The number of amides is 1. The van der Waals surface area contributed by atoms with E-state index < -0.39 is 92.1 Å². The van der Waals surface area contributed by atoms with Gasteiger partial charge in [-0.1, -0.05) is 20.8 Å². The van der Waals surface area contributed by atoms with E-state index in [2.05, 4.69) is 5.32 Å². The van der Waals surface area contributed by atoms with Gasteiger partial charge >= 0.3 is 0 Å². The Morgan fingerprint density at radius 1 is 1.15 bits per heavy atom. The van der Waals surface area contributed by atoms with E-state index in [0.717, 1.165) is 0 Å². The molecule has 0 radical (unpaired) electrons. The minimum Gasteiger partial charge on any atom is -0.510 e. The molecule has 0 spiro atoms. The first kappa shape index (κ1) is 28.7. The largest absolute Gasteiger partial charge is 0.510 e. The van der Waals surface area contributed by atoms with Gasteiger partial charge in [0.25, 0.3) is 5.91 Å². The zero-order chi connectivity index (χ0) is 29.4. The van der Waals surface area contributed by atoms with E-state index in [1.54, 1.807) is 0 Å². The number of Topliss-reactive ketones (excluding diaryl/α,β-unsaturated/α-hetero) is 2. The summed E-state index contributed by atoms with van der Waals surface area (Å²) in [6.45, 7) is 5.83. The summed E-state index contributed by atoms with van der Waals surface area (Å²) in [6, 6.07) is -1.18. The van der Waals surface area contributed by atoms with Gasteiger partial charge in [-0.05, 0) is 38.3 Å². The number of rotatable bonds is 5. The molecule has 0 bridgehead atoms. The molecule has 0 aliphatic heterocycles. The lowest BCUT2D eigenvalue weighted by molar-refractivity contribution is -0.148. The highest BCUT2D eigenvalue weighted by molar-refractivity contribution is 6.24. The maximum absolute atomic E-state index is 15.3. The Morgan fingerprint density at radius 2 is 1.77 bits per heavy atom. The third-order valence-corrected chi connectivity index (χ3v) is 7.82. The number of nitrogens with zero attached hydrogens (tertiary/aromatic N) is 1. The Hall–Kier alpha value is -3.35. The molecule has 0 heterocycles. The Morgan fingerprint density at radius 3 is 2.31 bits per heavy atom. The molecule has 7 N–H and O–H groups in total. The summed E-state index contributed by atoms with van der Waals surface area (Å²) in [7, 11) is 2.99. The van der Waals surface area contributed by atoms with E-state index in [1.807, 2.05) is 20.8 Å². The van der Waals surface area contributed by atoms with Crippen molar-refractivity contribution < 1.29 is 43.6 Å². The number of phenols is 1. The Kier molecular flexibility index (Phi) is 6.90.